The van der Waals surface area contributed by atoms with Gasteiger partial charge in [-0.25, -0.2) is 0 Å². The van der Waals surface area contributed by atoms with Gasteiger partial charge >= 0.3 is 0 Å². The van der Waals surface area contributed by atoms with Crippen molar-refractivity contribution in [3.05, 3.63) is 0 Å². The molecule has 0 heterocycles. The van der Waals surface area contributed by atoms with Gasteiger partial charge in [0.15, 0.2) is 0 Å². The van der Waals surface area contributed by atoms with E-state index in [-0.39, 0.29) is 17.9 Å². The highest BCUT2D eigenvalue weighted by atomic mass is 16.5. The van der Waals surface area contributed by atoms with Crippen LogP contribution in [-0.2, 0) is 4.74 Å². The quantitative estimate of drug-likeness (QED) is 0.244. The van der Waals surface area contributed by atoms with Gasteiger partial charge in [0.2, 0.25) is 0 Å². The Hall–Kier alpha value is -0.810. The molecule has 2 atom stereocenters. The highest BCUT2D eigenvalue weighted by Crippen LogP contribution is 2.00. The van der Waals surface area contributed by atoms with Gasteiger partial charge in [0.1, 0.15) is 5.84 Å². The van der Waals surface area contributed by atoms with Crippen LogP contribution in [0.15, 0.2) is 5.16 Å². The van der Waals surface area contributed by atoms with E-state index in [1.807, 2.05) is 6.92 Å². The van der Waals surface area contributed by atoms with Gasteiger partial charge in [-0.15, -0.1) is 0 Å². The molecule has 0 saturated heterocycles. The van der Waals surface area contributed by atoms with Gasteiger partial charge in [0.05, 0.1) is 6.61 Å². The molecular weight excluding hydrogens is 194 g/mol. The van der Waals surface area contributed by atoms with Gasteiger partial charge in [-0.2, -0.15) is 0 Å². The van der Waals surface area contributed by atoms with Crippen molar-refractivity contribution in [1.29, 1.82) is 0 Å². The summed E-state index contributed by atoms with van der Waals surface area (Å²) in [6, 6.07) is 0.512. The van der Waals surface area contributed by atoms with Gasteiger partial charge in [-0.1, -0.05) is 12.1 Å². The molecule has 0 spiro atoms. The Balaban J connectivity index is 3.87. The molecular formula is C10H23N3O2. The van der Waals surface area contributed by atoms with Crippen molar-refractivity contribution in [3.8, 4) is 0 Å². The Kier molecular flexibility index (Phi) is 8.04. The lowest BCUT2D eigenvalue weighted by Gasteiger charge is -2.21. The summed E-state index contributed by atoms with van der Waals surface area (Å²) in [4.78, 5) is 0. The highest BCUT2D eigenvalue weighted by molar-refractivity contribution is 5.80. The number of amidine groups is 1. The Morgan fingerprint density at radius 1 is 1.53 bits per heavy atom. The van der Waals surface area contributed by atoms with Crippen LogP contribution in [0.1, 0.15) is 33.6 Å². The minimum absolute atomic E-state index is 0.233. The minimum Gasteiger partial charge on any atom is -0.409 e. The summed E-state index contributed by atoms with van der Waals surface area (Å²) in [5.41, 5.74) is 5.45. The first kappa shape index (κ1) is 14.2. The largest absolute Gasteiger partial charge is 0.409 e. The smallest absolute Gasteiger partial charge is 0.140 e. The molecule has 0 fully saturated rings. The molecule has 0 amide bonds. The van der Waals surface area contributed by atoms with E-state index in [4.69, 9.17) is 15.7 Å². The predicted octanol–water partition coefficient (Wildman–Crippen LogP) is 0.916. The lowest BCUT2D eigenvalue weighted by atomic mass is 10.1. The monoisotopic (exact) mass is 217 g/mol. The molecule has 0 aromatic heterocycles. The SMILES string of the molecule is CCOCC(C)NC(CC)CC(N)=NO. The fourth-order valence-corrected chi connectivity index (χ4v) is 1.36. The molecule has 15 heavy (non-hydrogen) atoms. The van der Waals surface area contributed by atoms with Crippen molar-refractivity contribution in [2.24, 2.45) is 10.9 Å². The fourth-order valence-electron chi connectivity index (χ4n) is 1.36. The molecule has 90 valence electrons. The molecule has 0 aromatic carbocycles. The Morgan fingerprint density at radius 2 is 2.20 bits per heavy atom. The minimum atomic E-state index is 0.233. The molecule has 0 aliphatic heterocycles. The number of hydrogen-bond acceptors (Lipinski definition) is 4. The van der Waals surface area contributed by atoms with Crippen molar-refractivity contribution < 1.29 is 9.94 Å². The van der Waals surface area contributed by atoms with Crippen LogP contribution in [0.2, 0.25) is 0 Å². The predicted molar refractivity (Wildman–Crippen MR) is 61.2 cm³/mol. The van der Waals surface area contributed by atoms with Crippen molar-refractivity contribution in [3.63, 3.8) is 0 Å². The van der Waals surface area contributed by atoms with Gasteiger partial charge < -0.3 is 21.0 Å². The average Bonchev–Trinajstić information content (AvgIpc) is 2.25. The molecule has 5 heteroatoms. The van der Waals surface area contributed by atoms with Gasteiger partial charge in [0, 0.05) is 25.1 Å². The number of nitrogens with one attached hydrogen (secondary N) is 1. The summed E-state index contributed by atoms with van der Waals surface area (Å²) in [7, 11) is 0. The van der Waals surface area contributed by atoms with E-state index < -0.39 is 0 Å². The summed E-state index contributed by atoms with van der Waals surface area (Å²) in [6.07, 6.45) is 1.50. The van der Waals surface area contributed by atoms with Crippen LogP contribution < -0.4 is 11.1 Å². The summed E-state index contributed by atoms with van der Waals surface area (Å²) in [5.74, 6) is 0.262. The first-order valence-corrected chi connectivity index (χ1v) is 5.44. The standard InChI is InChI=1S/C10H23N3O2/c1-4-9(6-10(11)13-14)12-8(3)7-15-5-2/h8-9,12,14H,4-7H2,1-3H3,(H2,11,13). The second kappa shape index (κ2) is 8.49. The molecule has 0 rings (SSSR count). The Labute approximate surface area is 91.7 Å². The van der Waals surface area contributed by atoms with Crippen molar-refractivity contribution in [2.75, 3.05) is 13.2 Å². The van der Waals surface area contributed by atoms with Crippen LogP contribution in [0.5, 0.6) is 0 Å². The maximum absolute atomic E-state index is 8.47. The second-order valence-corrected chi connectivity index (χ2v) is 3.63. The average molecular weight is 217 g/mol. The number of ether oxygens (including phenoxy) is 1. The molecule has 0 aliphatic rings. The van der Waals surface area contributed by atoms with E-state index in [9.17, 15) is 0 Å². The zero-order valence-electron chi connectivity index (χ0n) is 9.86. The van der Waals surface area contributed by atoms with Crippen molar-refractivity contribution in [2.45, 2.75) is 45.7 Å². The summed E-state index contributed by atoms with van der Waals surface area (Å²) >= 11 is 0. The normalized spacial score (nSPS) is 16.3. The highest BCUT2D eigenvalue weighted by Gasteiger charge is 2.11. The van der Waals surface area contributed by atoms with Crippen molar-refractivity contribution >= 4 is 5.84 Å². The van der Waals surface area contributed by atoms with E-state index in [0.717, 1.165) is 13.0 Å². The van der Waals surface area contributed by atoms with Crippen LogP contribution in [0, 0.1) is 0 Å². The zero-order valence-corrected chi connectivity index (χ0v) is 9.86. The van der Waals surface area contributed by atoms with Gasteiger partial charge in [0.25, 0.3) is 0 Å². The van der Waals surface area contributed by atoms with E-state index >= 15 is 0 Å². The summed E-state index contributed by atoms with van der Waals surface area (Å²) in [6.45, 7) is 7.51. The van der Waals surface area contributed by atoms with E-state index in [2.05, 4.69) is 24.3 Å². The number of hydrogen-bond donors (Lipinski definition) is 3. The first-order chi connectivity index (χ1) is 7.13. The number of oxime groups is 1. The number of rotatable bonds is 8. The molecule has 0 saturated carbocycles. The third kappa shape index (κ3) is 7.16. The molecule has 0 bridgehead atoms. The summed E-state index contributed by atoms with van der Waals surface area (Å²) < 4.78 is 5.30. The van der Waals surface area contributed by atoms with Crippen molar-refractivity contribution in [1.82, 2.24) is 5.32 Å². The fraction of sp³-hybridized carbons (Fsp3) is 0.900. The number of nitrogens with zero attached hydrogens (tertiary/aromatic N) is 1. The second-order valence-electron chi connectivity index (χ2n) is 3.63. The maximum Gasteiger partial charge on any atom is 0.140 e. The van der Waals surface area contributed by atoms with Gasteiger partial charge in [-0.3, -0.25) is 0 Å². The third-order valence-corrected chi connectivity index (χ3v) is 2.17. The lowest BCUT2D eigenvalue weighted by Crippen LogP contribution is -2.41. The van der Waals surface area contributed by atoms with E-state index in [1.54, 1.807) is 0 Å². The molecule has 0 radical (unpaired) electrons. The summed E-state index contributed by atoms with van der Waals surface area (Å²) in [5, 5.41) is 14.8. The lowest BCUT2D eigenvalue weighted by molar-refractivity contribution is 0.123. The zero-order chi connectivity index (χ0) is 11.7. The molecule has 4 N–H and O–H groups in total. The Bertz CT molecular complexity index is 186. The molecule has 5 nitrogen and oxygen atoms in total. The van der Waals surface area contributed by atoms with Crippen LogP contribution >= 0.6 is 0 Å². The van der Waals surface area contributed by atoms with Crippen LogP contribution in [0.25, 0.3) is 0 Å². The van der Waals surface area contributed by atoms with Crippen LogP contribution in [0.3, 0.4) is 0 Å². The van der Waals surface area contributed by atoms with E-state index in [0.29, 0.717) is 13.0 Å². The molecule has 2 unspecified atom stereocenters. The van der Waals surface area contributed by atoms with Crippen LogP contribution in [0.4, 0.5) is 0 Å². The molecule has 0 aromatic rings. The van der Waals surface area contributed by atoms with Gasteiger partial charge in [-0.05, 0) is 20.3 Å². The third-order valence-electron chi connectivity index (χ3n) is 2.17. The maximum atomic E-state index is 8.47. The van der Waals surface area contributed by atoms with Crippen LogP contribution in [-0.4, -0.2) is 36.3 Å². The first-order valence-electron chi connectivity index (χ1n) is 5.44. The topological polar surface area (TPSA) is 79.9 Å². The molecule has 0 aliphatic carbocycles. The Morgan fingerprint density at radius 3 is 2.67 bits per heavy atom. The van der Waals surface area contributed by atoms with E-state index in [1.165, 1.54) is 0 Å². The number of nitrogens with two attached hydrogens (primary N) is 1.